The second-order valence-electron chi connectivity index (χ2n) is 6.92. The number of aryl methyl sites for hydroxylation is 1. The van der Waals surface area contributed by atoms with Crippen molar-refractivity contribution in [2.24, 2.45) is 5.41 Å². The minimum Gasteiger partial charge on any atom is -0.340 e. The first-order valence-electron chi connectivity index (χ1n) is 8.02. The van der Waals surface area contributed by atoms with E-state index in [1.165, 1.54) is 0 Å². The number of carbonyl (C=O) groups excluding carboxylic acids is 2. The SMILES string of the molecule is Cc1nc(CN2CCC3(CCN(C(=O)CN(C)C)C3)C2=O)cs1. The number of thiazole rings is 1. The molecular formula is C16H24N4O2S. The lowest BCUT2D eigenvalue weighted by atomic mass is 9.85. The molecule has 0 aliphatic carbocycles. The molecule has 2 saturated heterocycles. The lowest BCUT2D eigenvalue weighted by molar-refractivity contribution is -0.137. The summed E-state index contributed by atoms with van der Waals surface area (Å²) < 4.78 is 0. The number of aromatic nitrogens is 1. The van der Waals surface area contributed by atoms with Crippen molar-refractivity contribution in [2.75, 3.05) is 40.3 Å². The molecule has 1 unspecified atom stereocenters. The van der Waals surface area contributed by atoms with Crippen molar-refractivity contribution in [3.63, 3.8) is 0 Å². The fraction of sp³-hybridized carbons (Fsp3) is 0.688. The minimum atomic E-state index is -0.354. The van der Waals surface area contributed by atoms with Crippen LogP contribution in [0.3, 0.4) is 0 Å². The maximum Gasteiger partial charge on any atom is 0.236 e. The van der Waals surface area contributed by atoms with Crippen LogP contribution in [-0.2, 0) is 16.1 Å². The number of hydrogen-bond donors (Lipinski definition) is 0. The third kappa shape index (κ3) is 3.26. The van der Waals surface area contributed by atoms with Gasteiger partial charge in [0.2, 0.25) is 11.8 Å². The molecule has 1 aromatic heterocycles. The Morgan fingerprint density at radius 3 is 2.78 bits per heavy atom. The summed E-state index contributed by atoms with van der Waals surface area (Å²) in [4.78, 5) is 35.2. The van der Waals surface area contributed by atoms with E-state index in [4.69, 9.17) is 0 Å². The molecule has 2 fully saturated rings. The predicted molar refractivity (Wildman–Crippen MR) is 89.1 cm³/mol. The predicted octanol–water partition coefficient (Wildman–Crippen LogP) is 0.964. The maximum atomic E-state index is 12.9. The fourth-order valence-corrected chi connectivity index (χ4v) is 4.16. The number of likely N-dealkylation sites (tertiary alicyclic amines) is 2. The molecule has 0 radical (unpaired) electrons. The highest BCUT2D eigenvalue weighted by atomic mass is 32.1. The Balaban J connectivity index is 1.63. The van der Waals surface area contributed by atoms with Crippen LogP contribution in [0, 0.1) is 12.3 Å². The molecule has 3 heterocycles. The molecule has 7 heteroatoms. The van der Waals surface area contributed by atoms with E-state index in [2.05, 4.69) is 4.98 Å². The Morgan fingerprint density at radius 1 is 1.39 bits per heavy atom. The Bertz CT molecular complexity index is 615. The standard InChI is InChI=1S/C16H24N4O2S/c1-12-17-13(10-23-12)8-19-6-4-16(15(19)22)5-7-20(11-16)14(21)9-18(2)3/h10H,4-9,11H2,1-3H3. The van der Waals surface area contributed by atoms with Gasteiger partial charge in [0.25, 0.3) is 0 Å². The smallest absolute Gasteiger partial charge is 0.236 e. The van der Waals surface area contributed by atoms with Crippen LogP contribution in [0.2, 0.25) is 0 Å². The second-order valence-corrected chi connectivity index (χ2v) is 7.98. The van der Waals surface area contributed by atoms with Gasteiger partial charge >= 0.3 is 0 Å². The molecule has 1 spiro atoms. The largest absolute Gasteiger partial charge is 0.340 e. The molecule has 0 aromatic carbocycles. The zero-order chi connectivity index (χ0) is 16.6. The molecule has 126 valence electrons. The van der Waals surface area contributed by atoms with E-state index >= 15 is 0 Å². The number of carbonyl (C=O) groups is 2. The van der Waals surface area contributed by atoms with Gasteiger partial charge in [-0.3, -0.25) is 9.59 Å². The first-order valence-corrected chi connectivity index (χ1v) is 8.90. The minimum absolute atomic E-state index is 0.119. The summed E-state index contributed by atoms with van der Waals surface area (Å²) in [7, 11) is 3.78. The van der Waals surface area contributed by atoms with Gasteiger partial charge in [0.1, 0.15) is 0 Å². The molecule has 2 aliphatic heterocycles. The first-order chi connectivity index (χ1) is 10.9. The van der Waals surface area contributed by atoms with Gasteiger partial charge < -0.3 is 14.7 Å². The summed E-state index contributed by atoms with van der Waals surface area (Å²) in [6.07, 6.45) is 1.64. The van der Waals surface area contributed by atoms with Crippen molar-refractivity contribution in [3.8, 4) is 0 Å². The number of hydrogen-bond acceptors (Lipinski definition) is 5. The van der Waals surface area contributed by atoms with Crippen LogP contribution in [0.1, 0.15) is 23.5 Å². The van der Waals surface area contributed by atoms with Crippen LogP contribution < -0.4 is 0 Å². The summed E-state index contributed by atoms with van der Waals surface area (Å²) in [5, 5.41) is 3.05. The van der Waals surface area contributed by atoms with Crippen molar-refractivity contribution in [2.45, 2.75) is 26.3 Å². The van der Waals surface area contributed by atoms with Crippen molar-refractivity contribution < 1.29 is 9.59 Å². The second kappa shape index (κ2) is 6.20. The van der Waals surface area contributed by atoms with Crippen LogP contribution in [0.4, 0.5) is 0 Å². The van der Waals surface area contributed by atoms with Gasteiger partial charge in [0, 0.05) is 25.0 Å². The Morgan fingerprint density at radius 2 is 2.13 bits per heavy atom. The third-order valence-electron chi connectivity index (χ3n) is 4.78. The molecule has 6 nitrogen and oxygen atoms in total. The van der Waals surface area contributed by atoms with Crippen molar-refractivity contribution in [1.82, 2.24) is 19.7 Å². The highest BCUT2D eigenvalue weighted by molar-refractivity contribution is 7.09. The zero-order valence-electron chi connectivity index (χ0n) is 14.0. The number of nitrogens with zero attached hydrogens (tertiary/aromatic N) is 4. The van der Waals surface area contributed by atoms with Gasteiger partial charge in [0.15, 0.2) is 0 Å². The van der Waals surface area contributed by atoms with Gasteiger partial charge in [-0.25, -0.2) is 4.98 Å². The highest BCUT2D eigenvalue weighted by Crippen LogP contribution is 2.41. The molecule has 0 bridgehead atoms. The van der Waals surface area contributed by atoms with Gasteiger partial charge in [-0.15, -0.1) is 11.3 Å². The van der Waals surface area contributed by atoms with Gasteiger partial charge in [-0.1, -0.05) is 0 Å². The molecule has 2 aliphatic rings. The molecule has 3 rings (SSSR count). The zero-order valence-corrected chi connectivity index (χ0v) is 14.9. The van der Waals surface area contributed by atoms with Crippen LogP contribution in [0.25, 0.3) is 0 Å². The maximum absolute atomic E-state index is 12.9. The van der Waals surface area contributed by atoms with Crippen molar-refractivity contribution in [1.29, 1.82) is 0 Å². The van der Waals surface area contributed by atoms with E-state index in [-0.39, 0.29) is 17.2 Å². The van der Waals surface area contributed by atoms with E-state index in [0.29, 0.717) is 26.2 Å². The molecule has 1 aromatic rings. The van der Waals surface area contributed by atoms with Crippen molar-refractivity contribution >= 4 is 23.2 Å². The molecule has 1 atom stereocenters. The quantitative estimate of drug-likeness (QED) is 0.822. The first kappa shape index (κ1) is 16.4. The lowest BCUT2D eigenvalue weighted by Gasteiger charge is -2.24. The summed E-state index contributed by atoms with van der Waals surface area (Å²) in [6, 6.07) is 0. The van der Waals surface area contributed by atoms with Crippen molar-refractivity contribution in [3.05, 3.63) is 16.1 Å². The molecule has 23 heavy (non-hydrogen) atoms. The lowest BCUT2D eigenvalue weighted by Crippen LogP contribution is -2.40. The average molecular weight is 336 g/mol. The monoisotopic (exact) mass is 336 g/mol. The number of rotatable bonds is 4. The normalized spacial score (nSPS) is 24.4. The number of likely N-dealkylation sites (N-methyl/N-ethyl adjacent to an activating group) is 1. The summed E-state index contributed by atoms with van der Waals surface area (Å²) in [5.74, 6) is 0.316. The Kier molecular flexibility index (Phi) is 4.42. The van der Waals surface area contributed by atoms with E-state index in [1.54, 1.807) is 11.3 Å². The molecule has 0 N–H and O–H groups in total. The van der Waals surface area contributed by atoms with E-state index in [0.717, 1.165) is 30.1 Å². The van der Waals surface area contributed by atoms with Crippen LogP contribution in [0.5, 0.6) is 0 Å². The van der Waals surface area contributed by atoms with Crippen LogP contribution in [-0.4, -0.2) is 71.8 Å². The highest BCUT2D eigenvalue weighted by Gasteiger charge is 2.51. The summed E-state index contributed by atoms with van der Waals surface area (Å²) in [6.45, 7) is 5.02. The van der Waals surface area contributed by atoms with Gasteiger partial charge in [0.05, 0.1) is 29.2 Å². The average Bonchev–Trinajstić information content (AvgIpc) is 3.16. The van der Waals surface area contributed by atoms with Crippen LogP contribution in [0.15, 0.2) is 5.38 Å². The Hall–Kier alpha value is -1.47. The summed E-state index contributed by atoms with van der Waals surface area (Å²) in [5.41, 5.74) is 0.615. The topological polar surface area (TPSA) is 56.8 Å². The third-order valence-corrected chi connectivity index (χ3v) is 5.60. The molecular weight excluding hydrogens is 312 g/mol. The summed E-state index contributed by atoms with van der Waals surface area (Å²) >= 11 is 1.62. The Labute approximate surface area is 141 Å². The van der Waals surface area contributed by atoms with E-state index in [9.17, 15) is 9.59 Å². The van der Waals surface area contributed by atoms with Gasteiger partial charge in [-0.05, 0) is 33.9 Å². The van der Waals surface area contributed by atoms with Crippen LogP contribution >= 0.6 is 11.3 Å². The molecule has 0 saturated carbocycles. The molecule has 2 amide bonds. The van der Waals surface area contributed by atoms with E-state index in [1.807, 2.05) is 41.1 Å². The number of amides is 2. The van der Waals surface area contributed by atoms with E-state index < -0.39 is 0 Å². The fourth-order valence-electron chi connectivity index (χ4n) is 3.55. The van der Waals surface area contributed by atoms with Gasteiger partial charge in [-0.2, -0.15) is 0 Å².